The van der Waals surface area contributed by atoms with Crippen LogP contribution in [0.4, 0.5) is 18.3 Å². The Morgan fingerprint density at radius 1 is 1.07 bits per heavy atom. The monoisotopic (exact) mass is 449 g/mol. The molecule has 1 aromatic heterocycles. The van der Waals surface area contributed by atoms with Crippen LogP contribution in [0.15, 0.2) is 47.6 Å². The smallest absolute Gasteiger partial charge is 0.230 e. The summed E-state index contributed by atoms with van der Waals surface area (Å²) in [6, 6.07) is 9.40. The van der Waals surface area contributed by atoms with Gasteiger partial charge in [0.2, 0.25) is 5.13 Å². The van der Waals surface area contributed by atoms with Crippen LogP contribution in [0.25, 0.3) is 0 Å². The standard InChI is InChI=1S/C20H18F3N5S2/c1-12-25-26-19(29-12)28-20(8-3-9-24,13-4-2-5-14(21)10-13)30-18(27-28)16-11-15(22)6-7-17(16)23/h2,4-7,10-11H,3,8-9,24H2,1H3. The van der Waals surface area contributed by atoms with Gasteiger partial charge >= 0.3 is 0 Å². The number of nitrogens with two attached hydrogens (primary N) is 1. The second-order valence-electron chi connectivity index (χ2n) is 6.73. The number of benzene rings is 2. The number of aryl methyl sites for hydroxylation is 1. The van der Waals surface area contributed by atoms with E-state index in [4.69, 9.17) is 5.73 Å². The van der Waals surface area contributed by atoms with Crippen molar-refractivity contribution >= 4 is 33.3 Å². The van der Waals surface area contributed by atoms with E-state index in [1.165, 1.54) is 35.2 Å². The van der Waals surface area contributed by atoms with Crippen LogP contribution < -0.4 is 10.7 Å². The lowest BCUT2D eigenvalue weighted by Gasteiger charge is -2.35. The highest BCUT2D eigenvalue weighted by Gasteiger charge is 2.48. The van der Waals surface area contributed by atoms with E-state index in [1.54, 1.807) is 17.1 Å². The van der Waals surface area contributed by atoms with Crippen LogP contribution in [0, 0.1) is 24.4 Å². The lowest BCUT2D eigenvalue weighted by atomic mass is 10.0. The van der Waals surface area contributed by atoms with Gasteiger partial charge in [0.1, 0.15) is 32.4 Å². The van der Waals surface area contributed by atoms with Crippen molar-refractivity contribution in [3.8, 4) is 0 Å². The molecule has 0 fully saturated rings. The van der Waals surface area contributed by atoms with E-state index < -0.39 is 22.3 Å². The summed E-state index contributed by atoms with van der Waals surface area (Å²) in [7, 11) is 0. The Kier molecular flexibility index (Phi) is 5.81. The van der Waals surface area contributed by atoms with Gasteiger partial charge in [-0.3, -0.25) is 0 Å². The first kappa shape index (κ1) is 20.8. The summed E-state index contributed by atoms with van der Waals surface area (Å²) in [5.74, 6) is -1.57. The Hall–Kier alpha value is -2.43. The summed E-state index contributed by atoms with van der Waals surface area (Å²) < 4.78 is 42.6. The average molecular weight is 450 g/mol. The Balaban J connectivity index is 1.90. The van der Waals surface area contributed by atoms with Crippen molar-refractivity contribution in [3.63, 3.8) is 0 Å². The number of anilines is 1. The van der Waals surface area contributed by atoms with E-state index in [0.717, 1.165) is 23.2 Å². The molecule has 1 aliphatic rings. The Bertz CT molecular complexity index is 1100. The van der Waals surface area contributed by atoms with Crippen LogP contribution >= 0.6 is 23.1 Å². The summed E-state index contributed by atoms with van der Waals surface area (Å²) in [5, 5.41) is 16.0. The minimum atomic E-state index is -0.929. The van der Waals surface area contributed by atoms with E-state index in [0.29, 0.717) is 30.1 Å². The van der Waals surface area contributed by atoms with Gasteiger partial charge in [-0.1, -0.05) is 35.2 Å². The summed E-state index contributed by atoms with van der Waals surface area (Å²) >= 11 is 2.55. The van der Waals surface area contributed by atoms with E-state index in [1.807, 2.05) is 6.92 Å². The Morgan fingerprint density at radius 2 is 1.87 bits per heavy atom. The van der Waals surface area contributed by atoms with Crippen molar-refractivity contribution in [1.29, 1.82) is 0 Å². The van der Waals surface area contributed by atoms with Gasteiger partial charge in [0.15, 0.2) is 0 Å². The van der Waals surface area contributed by atoms with Crippen LogP contribution in [0.3, 0.4) is 0 Å². The number of rotatable bonds is 6. The third-order valence-electron chi connectivity index (χ3n) is 4.65. The predicted molar refractivity (Wildman–Crippen MR) is 114 cm³/mol. The molecule has 0 amide bonds. The lowest BCUT2D eigenvalue weighted by molar-refractivity contribution is 0.520. The quantitative estimate of drug-likeness (QED) is 0.587. The molecule has 156 valence electrons. The largest absolute Gasteiger partial charge is 0.330 e. The molecule has 1 aliphatic heterocycles. The molecule has 2 aromatic carbocycles. The fourth-order valence-corrected chi connectivity index (χ4v) is 5.47. The molecule has 1 atom stereocenters. The van der Waals surface area contributed by atoms with Gasteiger partial charge in [0.05, 0.1) is 0 Å². The lowest BCUT2D eigenvalue weighted by Crippen LogP contribution is -2.38. The molecule has 0 saturated carbocycles. The third kappa shape index (κ3) is 3.82. The van der Waals surface area contributed by atoms with E-state index >= 15 is 0 Å². The van der Waals surface area contributed by atoms with Gasteiger partial charge in [-0.15, -0.1) is 10.2 Å². The highest BCUT2D eigenvalue weighted by Crippen LogP contribution is 2.52. The Labute approximate surface area is 179 Å². The molecule has 0 radical (unpaired) electrons. The number of halogens is 3. The first-order valence-electron chi connectivity index (χ1n) is 9.22. The summed E-state index contributed by atoms with van der Waals surface area (Å²) in [4.78, 5) is -0.929. The summed E-state index contributed by atoms with van der Waals surface area (Å²) in [5.41, 5.74) is 6.45. The zero-order valence-corrected chi connectivity index (χ0v) is 17.6. The van der Waals surface area contributed by atoms with Crippen LogP contribution in [-0.4, -0.2) is 21.8 Å². The molecule has 30 heavy (non-hydrogen) atoms. The maximum Gasteiger partial charge on any atom is 0.230 e. The molecule has 3 aromatic rings. The molecule has 4 rings (SSSR count). The van der Waals surface area contributed by atoms with Gasteiger partial charge in [0, 0.05) is 5.56 Å². The van der Waals surface area contributed by atoms with E-state index in [-0.39, 0.29) is 10.6 Å². The molecule has 0 aliphatic carbocycles. The fourth-order valence-electron chi connectivity index (χ4n) is 3.29. The van der Waals surface area contributed by atoms with Crippen molar-refractivity contribution in [2.45, 2.75) is 24.6 Å². The van der Waals surface area contributed by atoms with Crippen molar-refractivity contribution in [2.75, 3.05) is 11.6 Å². The minimum absolute atomic E-state index is 0.0391. The second kappa shape index (κ2) is 8.37. The highest BCUT2D eigenvalue weighted by atomic mass is 32.2. The molecule has 2 N–H and O–H groups in total. The van der Waals surface area contributed by atoms with Crippen molar-refractivity contribution in [3.05, 3.63) is 76.1 Å². The number of thioether (sulfide) groups is 1. The molecule has 2 heterocycles. The highest BCUT2D eigenvalue weighted by molar-refractivity contribution is 8.15. The zero-order chi connectivity index (χ0) is 21.3. The van der Waals surface area contributed by atoms with Gasteiger partial charge in [-0.2, -0.15) is 5.10 Å². The van der Waals surface area contributed by atoms with Crippen molar-refractivity contribution in [1.82, 2.24) is 10.2 Å². The number of hydrogen-bond acceptors (Lipinski definition) is 7. The molecular formula is C20H18F3N5S2. The number of hydrogen-bond donors (Lipinski definition) is 1. The van der Waals surface area contributed by atoms with Crippen LogP contribution in [-0.2, 0) is 4.87 Å². The minimum Gasteiger partial charge on any atom is -0.330 e. The average Bonchev–Trinajstić information content (AvgIpc) is 3.32. The first-order valence-corrected chi connectivity index (χ1v) is 10.9. The first-order chi connectivity index (χ1) is 14.4. The van der Waals surface area contributed by atoms with Crippen molar-refractivity contribution in [2.24, 2.45) is 10.8 Å². The molecule has 0 bridgehead atoms. The fraction of sp³-hybridized carbons (Fsp3) is 0.250. The van der Waals surface area contributed by atoms with Crippen LogP contribution in [0.1, 0.15) is 29.0 Å². The van der Waals surface area contributed by atoms with Crippen LogP contribution in [0.5, 0.6) is 0 Å². The van der Waals surface area contributed by atoms with Gasteiger partial charge in [0.25, 0.3) is 0 Å². The predicted octanol–water partition coefficient (Wildman–Crippen LogP) is 4.77. The van der Waals surface area contributed by atoms with E-state index in [9.17, 15) is 13.2 Å². The summed E-state index contributed by atoms with van der Waals surface area (Å²) in [6.07, 6.45) is 1.09. The summed E-state index contributed by atoms with van der Waals surface area (Å²) in [6.45, 7) is 2.22. The molecular weight excluding hydrogens is 431 g/mol. The molecule has 5 nitrogen and oxygen atoms in total. The maximum absolute atomic E-state index is 14.5. The van der Waals surface area contributed by atoms with Crippen LogP contribution in [0.2, 0.25) is 0 Å². The topological polar surface area (TPSA) is 67.4 Å². The SMILES string of the molecule is Cc1nnc(N2N=C(c3cc(F)ccc3F)SC2(CCCN)c2cccc(F)c2)s1. The molecule has 10 heteroatoms. The van der Waals surface area contributed by atoms with Crippen molar-refractivity contribution < 1.29 is 13.2 Å². The number of aromatic nitrogens is 2. The molecule has 0 saturated heterocycles. The molecule has 0 spiro atoms. The molecule has 1 unspecified atom stereocenters. The van der Waals surface area contributed by atoms with Gasteiger partial charge in [-0.25, -0.2) is 18.2 Å². The number of hydrazone groups is 1. The Morgan fingerprint density at radius 3 is 2.57 bits per heavy atom. The number of nitrogens with zero attached hydrogens (tertiary/aromatic N) is 4. The van der Waals surface area contributed by atoms with Gasteiger partial charge < -0.3 is 5.73 Å². The second-order valence-corrected chi connectivity index (χ2v) is 9.16. The normalized spacial score (nSPS) is 18.7. The third-order valence-corrected chi connectivity index (χ3v) is 6.91. The van der Waals surface area contributed by atoms with Gasteiger partial charge in [-0.05, 0) is 62.2 Å². The van der Waals surface area contributed by atoms with E-state index in [2.05, 4.69) is 15.3 Å². The zero-order valence-electron chi connectivity index (χ0n) is 16.0. The maximum atomic E-state index is 14.5.